The average Bonchev–Trinajstić information content (AvgIpc) is 2.60. The lowest BCUT2D eigenvalue weighted by Gasteiger charge is -2.24. The fourth-order valence-corrected chi connectivity index (χ4v) is 2.69. The molecule has 1 heterocycles. The summed E-state index contributed by atoms with van der Waals surface area (Å²) in [7, 11) is 0. The number of nitrogens with one attached hydrogen (secondary N) is 1. The molecule has 0 saturated carbocycles. The van der Waals surface area contributed by atoms with Crippen LogP contribution in [0, 0.1) is 5.92 Å². The van der Waals surface area contributed by atoms with Gasteiger partial charge in [0, 0.05) is 18.5 Å². The molecule has 1 aromatic rings. The van der Waals surface area contributed by atoms with Crippen LogP contribution in [-0.4, -0.2) is 35.3 Å². The molecule has 6 nitrogen and oxygen atoms in total. The van der Waals surface area contributed by atoms with E-state index in [-0.39, 0.29) is 18.9 Å². The summed E-state index contributed by atoms with van der Waals surface area (Å²) in [6.07, 6.45) is 10.00. The number of alkyl carbamates (subject to hydrolysis) is 1. The van der Waals surface area contributed by atoms with Gasteiger partial charge in [0.1, 0.15) is 16.2 Å². The number of hydrogen-bond acceptors (Lipinski definition) is 5. The van der Waals surface area contributed by atoms with Gasteiger partial charge in [-0.2, -0.15) is 0 Å². The van der Waals surface area contributed by atoms with E-state index in [1.54, 1.807) is 33.0 Å². The first-order chi connectivity index (χ1) is 12.7. The zero-order valence-corrected chi connectivity index (χ0v) is 17.4. The Morgan fingerprint density at radius 3 is 2.70 bits per heavy atom. The number of esters is 1. The molecule has 0 saturated heterocycles. The first kappa shape index (κ1) is 21.2. The van der Waals surface area contributed by atoms with Crippen molar-refractivity contribution >= 4 is 28.0 Å². The van der Waals surface area contributed by atoms with Gasteiger partial charge in [-0.25, -0.2) is 14.6 Å². The van der Waals surface area contributed by atoms with E-state index < -0.39 is 23.7 Å². The van der Waals surface area contributed by atoms with Crippen LogP contribution in [0.25, 0.3) is 0 Å². The Morgan fingerprint density at radius 1 is 1.33 bits per heavy atom. The number of pyridine rings is 1. The Labute approximate surface area is 168 Å². The molecule has 1 amide bonds. The van der Waals surface area contributed by atoms with Crippen molar-refractivity contribution in [2.45, 2.75) is 45.3 Å². The lowest BCUT2D eigenvalue weighted by molar-refractivity contribution is -0.157. The van der Waals surface area contributed by atoms with E-state index >= 15 is 0 Å². The number of rotatable bonds is 6. The highest BCUT2D eigenvalue weighted by atomic mass is 79.9. The number of aromatic nitrogens is 1. The number of carbonyl (C=O) groups is 2. The van der Waals surface area contributed by atoms with Gasteiger partial charge in [-0.1, -0.05) is 30.4 Å². The van der Waals surface area contributed by atoms with Crippen LogP contribution in [0.4, 0.5) is 4.79 Å². The van der Waals surface area contributed by atoms with Gasteiger partial charge < -0.3 is 14.8 Å². The Hall–Kier alpha value is -2.15. The maximum absolute atomic E-state index is 12.5. The summed E-state index contributed by atoms with van der Waals surface area (Å²) in [6, 6.07) is 2.75. The van der Waals surface area contributed by atoms with Crippen LogP contribution >= 0.6 is 15.9 Å². The Morgan fingerprint density at radius 2 is 2.11 bits per heavy atom. The van der Waals surface area contributed by atoms with E-state index in [1.807, 2.05) is 30.4 Å². The predicted molar refractivity (Wildman–Crippen MR) is 106 cm³/mol. The molecule has 0 fully saturated rings. The minimum Gasteiger partial charge on any atom is -0.458 e. The minimum atomic E-state index is -0.860. The monoisotopic (exact) mass is 436 g/mol. The summed E-state index contributed by atoms with van der Waals surface area (Å²) in [5.41, 5.74) is 0.146. The van der Waals surface area contributed by atoms with Gasteiger partial charge >= 0.3 is 12.1 Å². The van der Waals surface area contributed by atoms with Crippen molar-refractivity contribution < 1.29 is 19.1 Å². The van der Waals surface area contributed by atoms with E-state index in [1.165, 1.54) is 0 Å². The molecule has 2 unspecified atom stereocenters. The van der Waals surface area contributed by atoms with Crippen molar-refractivity contribution in [3.8, 4) is 0 Å². The highest BCUT2D eigenvalue weighted by Gasteiger charge is 2.27. The van der Waals surface area contributed by atoms with Gasteiger partial charge in [0.25, 0.3) is 0 Å². The summed E-state index contributed by atoms with van der Waals surface area (Å²) in [5.74, 6) is -0.362. The Balaban J connectivity index is 1.98. The number of halogens is 1. The minimum absolute atomic E-state index is 0.149. The van der Waals surface area contributed by atoms with E-state index in [4.69, 9.17) is 9.47 Å². The number of nitrogens with zero attached hydrogens (tertiary/aromatic N) is 1. The lowest BCUT2D eigenvalue weighted by atomic mass is 10.0. The van der Waals surface area contributed by atoms with Gasteiger partial charge in [0.15, 0.2) is 0 Å². The summed E-state index contributed by atoms with van der Waals surface area (Å²) in [4.78, 5) is 28.9. The van der Waals surface area contributed by atoms with Crippen molar-refractivity contribution in [3.05, 3.63) is 52.8 Å². The fraction of sp³-hybridized carbons (Fsp3) is 0.450. The normalized spacial score (nSPS) is 17.3. The van der Waals surface area contributed by atoms with Gasteiger partial charge in [0.2, 0.25) is 0 Å². The fourth-order valence-electron chi connectivity index (χ4n) is 2.45. The third-order valence-corrected chi connectivity index (χ3v) is 4.18. The molecule has 0 bridgehead atoms. The van der Waals surface area contributed by atoms with Gasteiger partial charge in [-0.15, -0.1) is 0 Å². The van der Waals surface area contributed by atoms with Crippen LogP contribution < -0.4 is 5.32 Å². The Bertz CT molecular complexity index is 708. The molecule has 1 aromatic heterocycles. The first-order valence-corrected chi connectivity index (χ1v) is 9.62. The molecule has 146 valence electrons. The number of allylic oxidation sites excluding steroid dienone is 3. The molecule has 0 aliphatic heterocycles. The summed E-state index contributed by atoms with van der Waals surface area (Å²) in [5, 5.41) is 2.62. The van der Waals surface area contributed by atoms with Gasteiger partial charge in [-0.3, -0.25) is 0 Å². The highest BCUT2D eigenvalue weighted by Crippen LogP contribution is 2.14. The molecule has 2 atom stereocenters. The molecule has 7 heteroatoms. The number of ether oxygens (including phenoxy) is 2. The number of hydrogen-bond donors (Lipinski definition) is 1. The molecule has 0 spiro atoms. The summed E-state index contributed by atoms with van der Waals surface area (Å²) in [6.45, 7) is 5.60. The van der Waals surface area contributed by atoms with Crippen molar-refractivity contribution in [2.75, 3.05) is 6.61 Å². The molecular formula is C20H25BrN2O4. The molecule has 1 aliphatic rings. The van der Waals surface area contributed by atoms with Crippen LogP contribution in [0.15, 0.2) is 47.2 Å². The second kappa shape index (κ2) is 9.69. The molecule has 0 aromatic carbocycles. The molecule has 2 rings (SSSR count). The smallest absolute Gasteiger partial charge is 0.407 e. The second-order valence-electron chi connectivity index (χ2n) is 7.33. The molecule has 1 aliphatic carbocycles. The van der Waals surface area contributed by atoms with E-state index in [0.29, 0.717) is 4.60 Å². The Kier molecular flexibility index (Phi) is 7.59. The van der Waals surface area contributed by atoms with Crippen LogP contribution in [0.5, 0.6) is 0 Å². The average molecular weight is 437 g/mol. The van der Waals surface area contributed by atoms with Gasteiger partial charge in [-0.05, 0) is 54.8 Å². The first-order valence-electron chi connectivity index (χ1n) is 8.83. The van der Waals surface area contributed by atoms with Crippen molar-refractivity contribution in [3.63, 3.8) is 0 Å². The SMILES string of the molecule is CC(C)(C)OC(=O)C(Cc1ccc(Br)nc1)NC(=O)OCC1C=CC=CC1. The predicted octanol–water partition coefficient (Wildman–Crippen LogP) is 3.96. The topological polar surface area (TPSA) is 77.5 Å². The van der Waals surface area contributed by atoms with E-state index in [0.717, 1.165) is 12.0 Å². The standard InChI is InChI=1S/C20H25BrN2O4/c1-20(2,3)27-18(24)16(11-15-9-10-17(21)22-12-15)23-19(25)26-13-14-7-5-4-6-8-14/h4-7,9-10,12,14,16H,8,11,13H2,1-3H3,(H,23,25). The van der Waals surface area contributed by atoms with Crippen LogP contribution in [0.2, 0.25) is 0 Å². The van der Waals surface area contributed by atoms with E-state index in [2.05, 4.69) is 26.2 Å². The van der Waals surface area contributed by atoms with Crippen molar-refractivity contribution in [2.24, 2.45) is 5.92 Å². The van der Waals surface area contributed by atoms with Gasteiger partial charge in [0.05, 0.1) is 6.61 Å². The molecule has 0 radical (unpaired) electrons. The number of amides is 1. The largest absolute Gasteiger partial charge is 0.458 e. The van der Waals surface area contributed by atoms with Crippen LogP contribution in [-0.2, 0) is 20.7 Å². The molecule has 27 heavy (non-hydrogen) atoms. The third kappa shape index (κ3) is 7.95. The molecule has 1 N–H and O–H groups in total. The third-order valence-electron chi connectivity index (χ3n) is 3.71. The van der Waals surface area contributed by atoms with Crippen molar-refractivity contribution in [1.29, 1.82) is 0 Å². The zero-order chi connectivity index (χ0) is 19.9. The van der Waals surface area contributed by atoms with Crippen LogP contribution in [0.1, 0.15) is 32.8 Å². The molecular weight excluding hydrogens is 412 g/mol. The second-order valence-corrected chi connectivity index (χ2v) is 8.14. The summed E-state index contributed by atoms with van der Waals surface area (Å²) < 4.78 is 11.4. The maximum atomic E-state index is 12.5. The highest BCUT2D eigenvalue weighted by molar-refractivity contribution is 9.10. The zero-order valence-electron chi connectivity index (χ0n) is 15.8. The maximum Gasteiger partial charge on any atom is 0.407 e. The summed E-state index contributed by atoms with van der Waals surface area (Å²) >= 11 is 3.28. The van der Waals surface area contributed by atoms with Crippen LogP contribution in [0.3, 0.4) is 0 Å². The van der Waals surface area contributed by atoms with Crippen molar-refractivity contribution in [1.82, 2.24) is 10.3 Å². The van der Waals surface area contributed by atoms with E-state index in [9.17, 15) is 9.59 Å². The number of carbonyl (C=O) groups excluding carboxylic acids is 2. The quantitative estimate of drug-likeness (QED) is 0.539. The lowest BCUT2D eigenvalue weighted by Crippen LogP contribution is -2.46.